The van der Waals surface area contributed by atoms with Crippen LogP contribution >= 0.6 is 34.9 Å². The van der Waals surface area contributed by atoms with Gasteiger partial charge < -0.3 is 10.1 Å². The maximum Gasteiger partial charge on any atom is 0.341 e. The van der Waals surface area contributed by atoms with E-state index in [1.165, 1.54) is 28.9 Å². The monoisotopic (exact) mass is 460 g/mol. The van der Waals surface area contributed by atoms with Gasteiger partial charge in [-0.05, 0) is 36.3 Å². The third kappa shape index (κ3) is 4.92. The minimum atomic E-state index is -0.368. The number of methoxy groups -OCH3 is 1. The Labute approximate surface area is 189 Å². The van der Waals surface area contributed by atoms with E-state index in [9.17, 15) is 9.59 Å². The molecule has 0 saturated carbocycles. The Bertz CT molecular complexity index is 956. The second-order valence-electron chi connectivity index (χ2n) is 7.19. The predicted octanol–water partition coefficient (Wildman–Crippen LogP) is 4.97. The molecule has 30 heavy (non-hydrogen) atoms. The third-order valence-corrected chi connectivity index (χ3v) is 8.72. The van der Waals surface area contributed by atoms with Gasteiger partial charge in [-0.2, -0.15) is 0 Å². The second-order valence-corrected chi connectivity index (χ2v) is 10.7. The second kappa shape index (κ2) is 10.0. The van der Waals surface area contributed by atoms with Crippen LogP contribution in [0.25, 0.3) is 0 Å². The first kappa shape index (κ1) is 21.5. The summed E-state index contributed by atoms with van der Waals surface area (Å²) in [6.07, 6.45) is 3.08. The molecule has 1 unspecified atom stereocenters. The third-order valence-electron chi connectivity index (χ3n) is 5.29. The summed E-state index contributed by atoms with van der Waals surface area (Å²) in [7, 11) is 1.39. The van der Waals surface area contributed by atoms with Crippen molar-refractivity contribution in [3.05, 3.63) is 51.9 Å². The van der Waals surface area contributed by atoms with Crippen molar-refractivity contribution < 1.29 is 14.3 Å². The molecule has 158 valence electrons. The van der Waals surface area contributed by atoms with Crippen LogP contribution in [0.15, 0.2) is 35.3 Å². The highest BCUT2D eigenvalue weighted by atomic mass is 32.2. The van der Waals surface area contributed by atoms with Crippen LogP contribution in [0.3, 0.4) is 0 Å². The van der Waals surface area contributed by atoms with E-state index in [0.29, 0.717) is 28.7 Å². The molecular formula is C22H24N2O3S3. The van der Waals surface area contributed by atoms with Crippen molar-refractivity contribution in [2.75, 3.05) is 30.5 Å². The molecule has 1 aromatic heterocycles. The van der Waals surface area contributed by atoms with Crippen LogP contribution in [0.1, 0.15) is 45.1 Å². The van der Waals surface area contributed by atoms with E-state index in [1.807, 2.05) is 6.07 Å². The van der Waals surface area contributed by atoms with Crippen molar-refractivity contribution in [2.45, 2.75) is 31.6 Å². The molecule has 0 saturated heterocycles. The maximum absolute atomic E-state index is 12.5. The number of carbonyl (C=O) groups excluding carboxylic acids is 2. The number of hydrogen-bond acceptors (Lipinski definition) is 7. The van der Waals surface area contributed by atoms with Gasteiger partial charge in [-0.25, -0.2) is 4.79 Å². The number of thiophene rings is 1. The Morgan fingerprint density at radius 3 is 2.87 bits per heavy atom. The van der Waals surface area contributed by atoms with Gasteiger partial charge in [0.2, 0.25) is 5.91 Å². The van der Waals surface area contributed by atoms with E-state index < -0.39 is 0 Å². The number of benzene rings is 1. The van der Waals surface area contributed by atoms with E-state index in [0.717, 1.165) is 41.5 Å². The van der Waals surface area contributed by atoms with Crippen molar-refractivity contribution in [1.82, 2.24) is 0 Å². The molecular weight excluding hydrogens is 436 g/mol. The molecule has 1 atom stereocenters. The van der Waals surface area contributed by atoms with E-state index in [4.69, 9.17) is 4.74 Å². The van der Waals surface area contributed by atoms with E-state index in [1.54, 1.807) is 23.5 Å². The Kier molecular flexibility index (Phi) is 7.17. The first-order valence-corrected chi connectivity index (χ1v) is 12.8. The van der Waals surface area contributed by atoms with Gasteiger partial charge in [0.05, 0.1) is 19.2 Å². The van der Waals surface area contributed by atoms with Crippen LogP contribution in [0, 0.1) is 0 Å². The quantitative estimate of drug-likeness (QED) is 0.617. The van der Waals surface area contributed by atoms with Gasteiger partial charge >= 0.3 is 5.97 Å². The first-order valence-electron chi connectivity index (χ1n) is 10.0. The van der Waals surface area contributed by atoms with Gasteiger partial charge in [0.15, 0.2) is 0 Å². The van der Waals surface area contributed by atoms with Crippen molar-refractivity contribution in [3.8, 4) is 0 Å². The molecule has 0 radical (unpaired) electrons. The van der Waals surface area contributed by atoms with Crippen LogP contribution in [0.4, 0.5) is 5.00 Å². The molecule has 4 rings (SSSR count). The molecule has 0 fully saturated rings. The lowest BCUT2D eigenvalue weighted by Crippen LogP contribution is -2.16. The zero-order chi connectivity index (χ0) is 20.9. The first-order chi connectivity index (χ1) is 14.7. The summed E-state index contributed by atoms with van der Waals surface area (Å²) < 4.78 is 6.10. The summed E-state index contributed by atoms with van der Waals surface area (Å²) in [6, 6.07) is 10.5. The Morgan fingerprint density at radius 2 is 2.13 bits per heavy atom. The van der Waals surface area contributed by atoms with E-state index in [-0.39, 0.29) is 11.9 Å². The average Bonchev–Trinajstić information content (AvgIpc) is 3.40. The Hall–Kier alpha value is -1.77. The summed E-state index contributed by atoms with van der Waals surface area (Å²) >= 11 is 4.90. The van der Waals surface area contributed by atoms with Crippen molar-refractivity contribution in [1.29, 1.82) is 0 Å². The normalized spacial score (nSPS) is 17.9. The molecule has 2 aromatic rings. The minimum absolute atomic E-state index is 0.0746. The standard InChI is InChI=1S/C22H24N2O3S3/c1-27-21(26)19-16-8-7-15(14-5-3-2-4-6-14)13-17(16)30-20(19)24-18(25)9-11-28-22-23-10-12-29-22/h2-6,15H,7-13H2,1H3,(H,24,25). The number of ether oxygens (including phenoxy) is 1. The Morgan fingerprint density at radius 1 is 1.30 bits per heavy atom. The number of hydrogen-bond donors (Lipinski definition) is 1. The minimum Gasteiger partial charge on any atom is -0.465 e. The largest absolute Gasteiger partial charge is 0.465 e. The lowest BCUT2D eigenvalue weighted by atomic mass is 9.83. The number of fused-ring (bicyclic) bond motifs is 1. The summed E-state index contributed by atoms with van der Waals surface area (Å²) in [5, 5.41) is 3.61. The van der Waals surface area contributed by atoms with Crippen LogP contribution in [0.2, 0.25) is 0 Å². The zero-order valence-electron chi connectivity index (χ0n) is 16.8. The van der Waals surface area contributed by atoms with Gasteiger partial charge in [-0.3, -0.25) is 9.79 Å². The highest BCUT2D eigenvalue weighted by Gasteiger charge is 2.30. The van der Waals surface area contributed by atoms with E-state index in [2.05, 4.69) is 34.6 Å². The number of amides is 1. The van der Waals surface area contributed by atoms with Crippen molar-refractivity contribution in [2.24, 2.45) is 4.99 Å². The number of thioether (sulfide) groups is 2. The molecule has 2 heterocycles. The lowest BCUT2D eigenvalue weighted by molar-refractivity contribution is -0.115. The number of rotatable bonds is 6. The molecule has 1 aromatic carbocycles. The van der Waals surface area contributed by atoms with Gasteiger partial charge in [0, 0.05) is 22.8 Å². The SMILES string of the molecule is COC(=O)c1c(NC(=O)CCSC2=NCCS2)sc2c1CCC(c1ccccc1)C2. The number of nitrogens with zero attached hydrogens (tertiary/aromatic N) is 1. The van der Waals surface area contributed by atoms with Gasteiger partial charge in [-0.15, -0.1) is 11.3 Å². The van der Waals surface area contributed by atoms with Gasteiger partial charge in [-0.1, -0.05) is 53.9 Å². The molecule has 1 aliphatic heterocycles. The summed E-state index contributed by atoms with van der Waals surface area (Å²) in [5.74, 6) is 1.71. The average molecular weight is 461 g/mol. The number of esters is 1. The van der Waals surface area contributed by atoms with Crippen LogP contribution in [-0.4, -0.2) is 41.4 Å². The molecule has 1 amide bonds. The zero-order valence-corrected chi connectivity index (χ0v) is 19.3. The highest BCUT2D eigenvalue weighted by Crippen LogP contribution is 2.42. The molecule has 1 aliphatic carbocycles. The molecule has 5 nitrogen and oxygen atoms in total. The van der Waals surface area contributed by atoms with Crippen LogP contribution in [-0.2, 0) is 22.4 Å². The number of anilines is 1. The van der Waals surface area contributed by atoms with E-state index >= 15 is 0 Å². The molecule has 8 heteroatoms. The maximum atomic E-state index is 12.5. The smallest absolute Gasteiger partial charge is 0.341 e. The fraction of sp³-hybridized carbons (Fsp3) is 0.409. The summed E-state index contributed by atoms with van der Waals surface area (Å²) in [5.41, 5.74) is 2.91. The van der Waals surface area contributed by atoms with Crippen LogP contribution < -0.4 is 5.32 Å². The van der Waals surface area contributed by atoms with Crippen LogP contribution in [0.5, 0.6) is 0 Å². The fourth-order valence-electron chi connectivity index (χ4n) is 3.82. The summed E-state index contributed by atoms with van der Waals surface area (Å²) in [4.78, 5) is 30.6. The molecule has 0 bridgehead atoms. The molecule has 1 N–H and O–H groups in total. The summed E-state index contributed by atoms with van der Waals surface area (Å²) in [6.45, 7) is 0.867. The molecule has 2 aliphatic rings. The van der Waals surface area contributed by atoms with Crippen molar-refractivity contribution in [3.63, 3.8) is 0 Å². The number of carbonyl (C=O) groups is 2. The number of nitrogens with one attached hydrogen (secondary N) is 1. The van der Waals surface area contributed by atoms with Gasteiger partial charge in [0.1, 0.15) is 9.38 Å². The molecule has 0 spiro atoms. The number of aliphatic imine (C=N–C) groups is 1. The topological polar surface area (TPSA) is 67.8 Å². The fourth-order valence-corrected chi connectivity index (χ4v) is 7.17. The highest BCUT2D eigenvalue weighted by molar-refractivity contribution is 8.39. The van der Waals surface area contributed by atoms with Crippen molar-refractivity contribution >= 4 is 56.1 Å². The predicted molar refractivity (Wildman–Crippen MR) is 127 cm³/mol. The lowest BCUT2D eigenvalue weighted by Gasteiger charge is -2.22. The Balaban J connectivity index is 1.47. The van der Waals surface area contributed by atoms with Gasteiger partial charge in [0.25, 0.3) is 0 Å².